The van der Waals surface area contributed by atoms with Crippen LogP contribution in [0.1, 0.15) is 65.0 Å². The first-order chi connectivity index (χ1) is 12.1. The van der Waals surface area contributed by atoms with Gasteiger partial charge in [-0.1, -0.05) is 51.1 Å². The summed E-state index contributed by atoms with van der Waals surface area (Å²) < 4.78 is 12.1. The Labute approximate surface area is 159 Å². The van der Waals surface area contributed by atoms with Crippen molar-refractivity contribution in [1.29, 1.82) is 0 Å². The van der Waals surface area contributed by atoms with Gasteiger partial charge in [0, 0.05) is 19.4 Å². The Balaban J connectivity index is 2.84. The van der Waals surface area contributed by atoms with Crippen molar-refractivity contribution in [2.45, 2.75) is 83.7 Å². The third kappa shape index (κ3) is 7.42. The van der Waals surface area contributed by atoms with Gasteiger partial charge >= 0.3 is 5.97 Å². The van der Waals surface area contributed by atoms with E-state index < -0.39 is 8.32 Å². The molecule has 2 atom stereocenters. The third-order valence-corrected chi connectivity index (χ3v) is 9.64. The van der Waals surface area contributed by atoms with Crippen molar-refractivity contribution in [2.24, 2.45) is 0 Å². The molecule has 0 spiro atoms. The van der Waals surface area contributed by atoms with Crippen LogP contribution in [0, 0.1) is 0 Å². The summed E-state index contributed by atoms with van der Waals surface area (Å²) in [6.07, 6.45) is 3.30. The van der Waals surface area contributed by atoms with Crippen molar-refractivity contribution in [3.05, 3.63) is 35.9 Å². The number of carbonyl (C=O) groups excluding carboxylic acids is 2. The molecule has 0 aliphatic rings. The predicted molar refractivity (Wildman–Crippen MR) is 108 cm³/mol. The summed E-state index contributed by atoms with van der Waals surface area (Å²) >= 11 is 0. The molecule has 2 unspecified atom stereocenters. The Kier molecular flexibility index (Phi) is 8.70. The molecule has 0 heterocycles. The average Bonchev–Trinajstić information content (AvgIpc) is 2.55. The monoisotopic (exact) mass is 378 g/mol. The number of aldehydes is 1. The first-order valence-electron chi connectivity index (χ1n) is 9.40. The van der Waals surface area contributed by atoms with E-state index in [0.29, 0.717) is 19.3 Å². The Morgan fingerprint density at radius 2 is 1.73 bits per heavy atom. The second-order valence-corrected chi connectivity index (χ2v) is 13.1. The van der Waals surface area contributed by atoms with E-state index in [9.17, 15) is 9.59 Å². The molecule has 0 aromatic heterocycles. The van der Waals surface area contributed by atoms with Gasteiger partial charge in [-0.05, 0) is 43.0 Å². The van der Waals surface area contributed by atoms with E-state index >= 15 is 0 Å². The lowest BCUT2D eigenvalue weighted by Crippen LogP contribution is -2.44. The van der Waals surface area contributed by atoms with Crippen LogP contribution in [0.2, 0.25) is 18.1 Å². The molecule has 5 heteroatoms. The minimum absolute atomic E-state index is 0.00265. The fraction of sp³-hybridized carbons (Fsp3) is 0.619. The fourth-order valence-corrected chi connectivity index (χ4v) is 4.03. The maximum Gasteiger partial charge on any atom is 0.303 e. The van der Waals surface area contributed by atoms with E-state index in [4.69, 9.17) is 9.16 Å². The van der Waals surface area contributed by atoms with Gasteiger partial charge in [0.15, 0.2) is 8.32 Å². The number of carbonyl (C=O) groups is 2. The highest BCUT2D eigenvalue weighted by Crippen LogP contribution is 2.38. The number of hydrogen-bond acceptors (Lipinski definition) is 4. The largest absolute Gasteiger partial charge is 0.458 e. The van der Waals surface area contributed by atoms with Gasteiger partial charge in [0.1, 0.15) is 12.4 Å². The molecule has 0 aliphatic carbocycles. The minimum Gasteiger partial charge on any atom is -0.458 e. The molecule has 0 aliphatic heterocycles. The molecule has 0 saturated carbocycles. The number of esters is 1. The van der Waals surface area contributed by atoms with E-state index in [-0.39, 0.29) is 23.2 Å². The summed E-state index contributed by atoms with van der Waals surface area (Å²) in [6.45, 7) is 12.5. The molecule has 1 rings (SSSR count). The molecule has 1 aromatic carbocycles. The third-order valence-electron chi connectivity index (χ3n) is 5.10. The molecule has 1 aromatic rings. The topological polar surface area (TPSA) is 52.6 Å². The standard InChI is InChI=1S/C21H34O4Si/c1-17(23)24-20(18-11-8-7-9-12-18)15-14-19(13-10-16-22)25-26(5,6)21(2,3)4/h7-9,11-12,16,19-20H,10,13-15H2,1-6H3. The molecule has 0 fully saturated rings. The summed E-state index contributed by atoms with van der Waals surface area (Å²) in [5, 5.41) is 0.112. The summed E-state index contributed by atoms with van der Waals surface area (Å²) in [5.41, 5.74) is 0.990. The van der Waals surface area contributed by atoms with Crippen LogP contribution >= 0.6 is 0 Å². The van der Waals surface area contributed by atoms with Crippen molar-refractivity contribution in [2.75, 3.05) is 0 Å². The minimum atomic E-state index is -1.92. The van der Waals surface area contributed by atoms with Gasteiger partial charge in [-0.2, -0.15) is 0 Å². The van der Waals surface area contributed by atoms with Crippen LogP contribution in [-0.2, 0) is 18.8 Å². The summed E-state index contributed by atoms with van der Waals surface area (Å²) in [4.78, 5) is 22.4. The van der Waals surface area contributed by atoms with Crippen LogP contribution in [-0.4, -0.2) is 26.7 Å². The molecule has 0 saturated heterocycles. The van der Waals surface area contributed by atoms with E-state index in [1.807, 2.05) is 30.3 Å². The zero-order valence-corrected chi connectivity index (χ0v) is 18.1. The lowest BCUT2D eigenvalue weighted by atomic mass is 10.0. The van der Waals surface area contributed by atoms with Crippen molar-refractivity contribution < 1.29 is 18.8 Å². The van der Waals surface area contributed by atoms with Gasteiger partial charge in [0.2, 0.25) is 0 Å². The summed E-state index contributed by atoms with van der Waals surface area (Å²) in [5.74, 6) is -0.284. The van der Waals surface area contributed by atoms with Gasteiger partial charge in [0.25, 0.3) is 0 Å². The van der Waals surface area contributed by atoms with Gasteiger partial charge in [0.05, 0.1) is 0 Å². The SMILES string of the molecule is CC(=O)OC(CCC(CCC=O)O[Si](C)(C)C(C)(C)C)c1ccccc1. The van der Waals surface area contributed by atoms with Crippen LogP contribution in [0.3, 0.4) is 0 Å². The van der Waals surface area contributed by atoms with Gasteiger partial charge in [-0.15, -0.1) is 0 Å². The van der Waals surface area contributed by atoms with Crippen LogP contribution in [0.15, 0.2) is 30.3 Å². The van der Waals surface area contributed by atoms with Crippen LogP contribution in [0.25, 0.3) is 0 Å². The van der Waals surface area contributed by atoms with Gasteiger partial charge in [-0.3, -0.25) is 4.79 Å². The molecular weight excluding hydrogens is 344 g/mol. The highest BCUT2D eigenvalue weighted by molar-refractivity contribution is 6.74. The van der Waals surface area contributed by atoms with Crippen molar-refractivity contribution >= 4 is 20.6 Å². The Morgan fingerprint density at radius 1 is 1.12 bits per heavy atom. The second-order valence-electron chi connectivity index (χ2n) is 8.33. The van der Waals surface area contributed by atoms with Crippen LogP contribution in [0.5, 0.6) is 0 Å². The number of rotatable bonds is 10. The molecule has 26 heavy (non-hydrogen) atoms. The summed E-state index contributed by atoms with van der Waals surface area (Å²) in [7, 11) is -1.92. The maximum absolute atomic E-state index is 11.5. The number of benzene rings is 1. The van der Waals surface area contributed by atoms with Crippen LogP contribution in [0.4, 0.5) is 0 Å². The lowest BCUT2D eigenvalue weighted by molar-refractivity contribution is -0.147. The second kappa shape index (κ2) is 10.0. The smallest absolute Gasteiger partial charge is 0.303 e. The van der Waals surface area contributed by atoms with Gasteiger partial charge in [-0.25, -0.2) is 0 Å². The van der Waals surface area contributed by atoms with Crippen molar-refractivity contribution in [3.63, 3.8) is 0 Å². The lowest BCUT2D eigenvalue weighted by Gasteiger charge is -2.39. The van der Waals surface area contributed by atoms with E-state index in [1.54, 1.807) is 0 Å². The normalized spacial score (nSPS) is 14.5. The molecule has 4 nitrogen and oxygen atoms in total. The van der Waals surface area contributed by atoms with E-state index in [2.05, 4.69) is 33.9 Å². The van der Waals surface area contributed by atoms with Gasteiger partial charge < -0.3 is 14.0 Å². The van der Waals surface area contributed by atoms with Crippen molar-refractivity contribution in [3.8, 4) is 0 Å². The highest BCUT2D eigenvalue weighted by Gasteiger charge is 2.39. The molecule has 0 radical (unpaired) electrons. The first kappa shape index (κ1) is 22.6. The molecular formula is C21H34O4Si. The predicted octanol–water partition coefficient (Wildman–Crippen LogP) is 5.44. The maximum atomic E-state index is 11.5. The Morgan fingerprint density at radius 3 is 2.23 bits per heavy atom. The highest BCUT2D eigenvalue weighted by atomic mass is 28.4. The zero-order valence-electron chi connectivity index (χ0n) is 17.1. The zero-order chi connectivity index (χ0) is 19.8. The van der Waals surface area contributed by atoms with E-state index in [0.717, 1.165) is 18.3 Å². The Bertz CT molecular complexity index is 563. The Hall–Kier alpha value is -1.46. The summed E-state index contributed by atoms with van der Waals surface area (Å²) in [6, 6.07) is 9.79. The van der Waals surface area contributed by atoms with Crippen LogP contribution < -0.4 is 0 Å². The number of ether oxygens (including phenoxy) is 1. The quantitative estimate of drug-likeness (QED) is 0.309. The average molecular weight is 379 g/mol. The number of hydrogen-bond donors (Lipinski definition) is 0. The van der Waals surface area contributed by atoms with Crippen molar-refractivity contribution in [1.82, 2.24) is 0 Å². The molecule has 0 amide bonds. The molecule has 0 N–H and O–H groups in total. The fourth-order valence-electron chi connectivity index (χ4n) is 2.61. The van der Waals surface area contributed by atoms with E-state index in [1.165, 1.54) is 6.92 Å². The molecule has 0 bridgehead atoms. The molecule has 146 valence electrons. The first-order valence-corrected chi connectivity index (χ1v) is 12.3.